The van der Waals surface area contributed by atoms with E-state index in [9.17, 15) is 4.79 Å². The summed E-state index contributed by atoms with van der Waals surface area (Å²) in [5.41, 5.74) is 1.04. The molecule has 156 valence electrons. The number of likely N-dealkylation sites (tertiary alicyclic amines) is 1. The smallest absolute Gasteiger partial charge is 0.220 e. The molecular weight excluding hydrogens is 336 g/mol. The minimum absolute atomic E-state index is 0.000222. The molecule has 0 bridgehead atoms. The van der Waals surface area contributed by atoms with Crippen LogP contribution >= 0.6 is 0 Å². The molecule has 5 heteroatoms. The van der Waals surface area contributed by atoms with Crippen LogP contribution in [-0.4, -0.2) is 57.8 Å². The van der Waals surface area contributed by atoms with E-state index in [1.807, 2.05) is 6.92 Å². The van der Waals surface area contributed by atoms with Gasteiger partial charge in [-0.3, -0.25) is 14.7 Å². The van der Waals surface area contributed by atoms with Gasteiger partial charge in [0, 0.05) is 23.0 Å². The lowest BCUT2D eigenvalue weighted by Crippen LogP contribution is -2.69. The molecule has 2 rings (SSSR count). The van der Waals surface area contributed by atoms with E-state index >= 15 is 0 Å². The Bertz CT molecular complexity index is 587. The molecule has 0 spiro atoms. The maximum atomic E-state index is 12.2. The molecule has 0 aromatic heterocycles. The zero-order valence-corrected chi connectivity index (χ0v) is 19.3. The number of rotatable bonds is 3. The second-order valence-electron chi connectivity index (χ2n) is 11.1. The van der Waals surface area contributed by atoms with E-state index in [0.717, 1.165) is 25.0 Å². The van der Waals surface area contributed by atoms with Crippen LogP contribution in [0.15, 0.2) is 4.99 Å². The quantitative estimate of drug-likeness (QED) is 0.790. The Morgan fingerprint density at radius 3 is 2.07 bits per heavy atom. The lowest BCUT2D eigenvalue weighted by atomic mass is 9.74. The van der Waals surface area contributed by atoms with Gasteiger partial charge in [-0.05, 0) is 81.7 Å². The van der Waals surface area contributed by atoms with Gasteiger partial charge in [0.05, 0.1) is 23.3 Å². The highest BCUT2D eigenvalue weighted by molar-refractivity contribution is 6.00. The van der Waals surface area contributed by atoms with Crippen molar-refractivity contribution in [1.29, 1.82) is 0 Å². The van der Waals surface area contributed by atoms with Crippen LogP contribution in [0.1, 0.15) is 88.0 Å². The Morgan fingerprint density at radius 2 is 1.59 bits per heavy atom. The molecule has 2 saturated heterocycles. The molecule has 2 aliphatic heterocycles. The number of aliphatic imine (C=N–C) groups is 1. The zero-order chi connectivity index (χ0) is 20.8. The molecule has 2 N–H and O–H groups in total. The van der Waals surface area contributed by atoms with Crippen molar-refractivity contribution in [2.45, 2.75) is 122 Å². The van der Waals surface area contributed by atoms with Crippen molar-refractivity contribution < 1.29 is 4.79 Å². The van der Waals surface area contributed by atoms with Gasteiger partial charge in [0.25, 0.3) is 0 Å². The lowest BCUT2D eigenvalue weighted by Gasteiger charge is -2.55. The van der Waals surface area contributed by atoms with Crippen molar-refractivity contribution in [3.63, 3.8) is 0 Å². The van der Waals surface area contributed by atoms with Crippen molar-refractivity contribution in [3.05, 3.63) is 0 Å². The first-order chi connectivity index (χ1) is 12.1. The summed E-state index contributed by atoms with van der Waals surface area (Å²) in [4.78, 5) is 20.0. The Morgan fingerprint density at radius 1 is 1.07 bits per heavy atom. The lowest BCUT2D eigenvalue weighted by molar-refractivity contribution is -0.121. The molecule has 27 heavy (non-hydrogen) atoms. The highest BCUT2D eigenvalue weighted by Crippen LogP contribution is 2.37. The predicted molar refractivity (Wildman–Crippen MR) is 115 cm³/mol. The average molecular weight is 379 g/mol. The predicted octanol–water partition coefficient (Wildman–Crippen LogP) is 3.52. The number of piperidine rings is 2. The fraction of sp³-hybridized carbons (Fsp3) is 0.909. The van der Waals surface area contributed by atoms with E-state index in [4.69, 9.17) is 4.99 Å². The summed E-state index contributed by atoms with van der Waals surface area (Å²) < 4.78 is 0. The third-order valence-corrected chi connectivity index (χ3v) is 6.55. The largest absolute Gasteiger partial charge is 0.348 e. The molecule has 2 aliphatic rings. The normalized spacial score (nSPS) is 31.6. The maximum Gasteiger partial charge on any atom is 0.220 e. The van der Waals surface area contributed by atoms with Gasteiger partial charge < -0.3 is 10.6 Å². The molecule has 0 aromatic carbocycles. The molecule has 2 fully saturated rings. The molecule has 0 aromatic rings. The highest BCUT2D eigenvalue weighted by Gasteiger charge is 2.49. The molecule has 1 atom stereocenters. The Balaban J connectivity index is 2.44. The van der Waals surface area contributed by atoms with Gasteiger partial charge in [0.2, 0.25) is 5.91 Å². The second-order valence-corrected chi connectivity index (χ2v) is 11.1. The Labute approximate surface area is 166 Å². The van der Waals surface area contributed by atoms with Crippen molar-refractivity contribution in [2.24, 2.45) is 4.99 Å². The van der Waals surface area contributed by atoms with E-state index in [0.29, 0.717) is 6.42 Å². The van der Waals surface area contributed by atoms with Crippen LogP contribution in [0.5, 0.6) is 0 Å². The van der Waals surface area contributed by atoms with Crippen molar-refractivity contribution in [3.8, 4) is 0 Å². The van der Waals surface area contributed by atoms with Gasteiger partial charge in [-0.1, -0.05) is 6.92 Å². The van der Waals surface area contributed by atoms with E-state index in [2.05, 4.69) is 78.0 Å². The number of hydrogen-bond acceptors (Lipinski definition) is 4. The zero-order valence-electron chi connectivity index (χ0n) is 19.3. The van der Waals surface area contributed by atoms with Crippen molar-refractivity contribution in [2.75, 3.05) is 7.05 Å². The van der Waals surface area contributed by atoms with Gasteiger partial charge in [-0.15, -0.1) is 0 Å². The van der Waals surface area contributed by atoms with E-state index < -0.39 is 0 Å². The number of amides is 1. The summed E-state index contributed by atoms with van der Waals surface area (Å²) in [6.45, 7) is 20.0. The van der Waals surface area contributed by atoms with Gasteiger partial charge in [0.1, 0.15) is 0 Å². The molecule has 2 heterocycles. The van der Waals surface area contributed by atoms with Crippen LogP contribution in [0.3, 0.4) is 0 Å². The van der Waals surface area contributed by atoms with Crippen LogP contribution in [0.25, 0.3) is 0 Å². The fourth-order valence-electron chi connectivity index (χ4n) is 5.31. The summed E-state index contributed by atoms with van der Waals surface area (Å²) in [5.74, 6) is 0.106. The van der Waals surface area contributed by atoms with Crippen LogP contribution < -0.4 is 10.6 Å². The number of hydrogen-bond donors (Lipinski definition) is 2. The summed E-state index contributed by atoms with van der Waals surface area (Å²) in [6.07, 6.45) is 3.41. The highest BCUT2D eigenvalue weighted by atomic mass is 16.1. The third-order valence-electron chi connectivity index (χ3n) is 6.55. The van der Waals surface area contributed by atoms with Gasteiger partial charge in [0.15, 0.2) is 0 Å². The standard InChI is InChI=1S/C22H42N4O/c1-11-17(27)24-16-14-21(6,7)26(10)22(8,9)18(16)23-15-12-19(2,3)25-20(4,5)13-15/h15-16,25H,11-14H2,1-10H3,(H,24,27). The summed E-state index contributed by atoms with van der Waals surface area (Å²) in [6, 6.07) is 0.265. The molecular formula is C22H42N4O. The van der Waals surface area contributed by atoms with Crippen LogP contribution in [0.2, 0.25) is 0 Å². The summed E-state index contributed by atoms with van der Waals surface area (Å²) in [5, 5.41) is 7.01. The van der Waals surface area contributed by atoms with Crippen LogP contribution in [-0.2, 0) is 4.79 Å². The number of carbonyl (C=O) groups excluding carboxylic acids is 1. The van der Waals surface area contributed by atoms with Gasteiger partial charge >= 0.3 is 0 Å². The molecule has 0 aliphatic carbocycles. The molecule has 1 amide bonds. The molecule has 0 saturated carbocycles. The minimum Gasteiger partial charge on any atom is -0.348 e. The van der Waals surface area contributed by atoms with E-state index in [1.165, 1.54) is 0 Å². The van der Waals surface area contributed by atoms with Gasteiger partial charge in [-0.25, -0.2) is 0 Å². The Kier molecular flexibility index (Phi) is 5.91. The third kappa shape index (κ3) is 4.92. The molecule has 1 unspecified atom stereocenters. The van der Waals surface area contributed by atoms with Crippen molar-refractivity contribution in [1.82, 2.24) is 15.5 Å². The first-order valence-corrected chi connectivity index (χ1v) is 10.5. The first-order valence-electron chi connectivity index (χ1n) is 10.5. The van der Waals surface area contributed by atoms with E-state index in [1.54, 1.807) is 0 Å². The molecule has 0 radical (unpaired) electrons. The second kappa shape index (κ2) is 7.14. The van der Waals surface area contributed by atoms with Crippen molar-refractivity contribution >= 4 is 11.6 Å². The van der Waals surface area contributed by atoms with Crippen LogP contribution in [0.4, 0.5) is 0 Å². The maximum absolute atomic E-state index is 12.2. The van der Waals surface area contributed by atoms with Gasteiger partial charge in [-0.2, -0.15) is 0 Å². The van der Waals surface area contributed by atoms with E-state index in [-0.39, 0.29) is 40.1 Å². The topological polar surface area (TPSA) is 56.7 Å². The number of nitrogens with zero attached hydrogens (tertiary/aromatic N) is 2. The van der Waals surface area contributed by atoms with Crippen LogP contribution in [0, 0.1) is 0 Å². The summed E-state index contributed by atoms with van der Waals surface area (Å²) in [7, 11) is 2.18. The molecule has 5 nitrogen and oxygen atoms in total. The number of carbonyl (C=O) groups is 1. The minimum atomic E-state index is -0.202. The Hall–Kier alpha value is -0.940. The SMILES string of the molecule is CCC(=O)NC1CC(C)(C)N(C)C(C)(C)C1=NC1CC(C)(C)NC(C)(C)C1. The number of nitrogens with one attached hydrogen (secondary N) is 2. The summed E-state index contributed by atoms with van der Waals surface area (Å²) >= 11 is 0. The fourth-order valence-corrected chi connectivity index (χ4v) is 5.31. The first kappa shape index (κ1) is 22.4. The monoisotopic (exact) mass is 378 g/mol. The average Bonchev–Trinajstić information content (AvgIpc) is 2.46.